The molecule has 0 aromatic carbocycles. The fraction of sp³-hybridized carbons (Fsp3) is 0.667. The van der Waals surface area contributed by atoms with E-state index in [-0.39, 0.29) is 11.9 Å². The van der Waals surface area contributed by atoms with E-state index < -0.39 is 5.54 Å². The van der Waals surface area contributed by atoms with Gasteiger partial charge in [0, 0.05) is 11.7 Å². The molecule has 2 unspecified atom stereocenters. The van der Waals surface area contributed by atoms with Gasteiger partial charge in [0.15, 0.2) is 0 Å². The van der Waals surface area contributed by atoms with E-state index in [4.69, 9.17) is 5.73 Å². The Morgan fingerprint density at radius 3 is 2.59 bits per heavy atom. The SMILES string of the molecule is CNC(C)(CC(C)n1cnc(C)c1C)C(N)=O. The molecule has 0 aliphatic rings. The largest absolute Gasteiger partial charge is 0.368 e. The summed E-state index contributed by atoms with van der Waals surface area (Å²) in [6, 6.07) is 0.168. The predicted molar refractivity (Wildman–Crippen MR) is 67.7 cm³/mol. The summed E-state index contributed by atoms with van der Waals surface area (Å²) in [5.74, 6) is -0.332. The molecule has 96 valence electrons. The molecule has 5 heteroatoms. The highest BCUT2D eigenvalue weighted by molar-refractivity contribution is 5.84. The zero-order valence-electron chi connectivity index (χ0n) is 11.2. The maximum atomic E-state index is 11.4. The lowest BCUT2D eigenvalue weighted by molar-refractivity contribution is -0.124. The van der Waals surface area contributed by atoms with Crippen LogP contribution < -0.4 is 11.1 Å². The van der Waals surface area contributed by atoms with Gasteiger partial charge in [-0.1, -0.05) is 0 Å². The fourth-order valence-electron chi connectivity index (χ4n) is 1.98. The first-order valence-corrected chi connectivity index (χ1v) is 5.80. The molecule has 17 heavy (non-hydrogen) atoms. The van der Waals surface area contributed by atoms with Crippen LogP contribution in [-0.4, -0.2) is 28.0 Å². The third-order valence-corrected chi connectivity index (χ3v) is 3.56. The normalized spacial score (nSPS) is 16.5. The second-order valence-corrected chi connectivity index (χ2v) is 4.82. The fourth-order valence-corrected chi connectivity index (χ4v) is 1.98. The van der Waals surface area contributed by atoms with Crippen LogP contribution in [0.1, 0.15) is 37.7 Å². The van der Waals surface area contributed by atoms with Gasteiger partial charge in [-0.15, -0.1) is 0 Å². The first-order valence-electron chi connectivity index (χ1n) is 5.80. The predicted octanol–water partition coefficient (Wildman–Crippen LogP) is 0.914. The lowest BCUT2D eigenvalue weighted by atomic mass is 9.93. The molecule has 0 saturated heterocycles. The molecule has 0 aliphatic heterocycles. The molecule has 1 aromatic rings. The minimum absolute atomic E-state index is 0.168. The van der Waals surface area contributed by atoms with E-state index in [1.807, 2.05) is 27.1 Å². The molecule has 2 atom stereocenters. The van der Waals surface area contributed by atoms with Crippen LogP contribution >= 0.6 is 0 Å². The summed E-state index contributed by atoms with van der Waals surface area (Å²) in [4.78, 5) is 15.7. The maximum Gasteiger partial charge on any atom is 0.237 e. The van der Waals surface area contributed by atoms with Crippen LogP contribution in [0.25, 0.3) is 0 Å². The number of carbonyl (C=O) groups is 1. The van der Waals surface area contributed by atoms with Gasteiger partial charge >= 0.3 is 0 Å². The number of likely N-dealkylation sites (N-methyl/N-ethyl adjacent to an activating group) is 1. The molecular weight excluding hydrogens is 216 g/mol. The summed E-state index contributed by atoms with van der Waals surface area (Å²) in [5.41, 5.74) is 6.88. The van der Waals surface area contributed by atoms with Crippen molar-refractivity contribution in [3.63, 3.8) is 0 Å². The van der Waals surface area contributed by atoms with Gasteiger partial charge < -0.3 is 15.6 Å². The number of rotatable bonds is 5. The number of hydrogen-bond donors (Lipinski definition) is 2. The number of nitrogens with one attached hydrogen (secondary N) is 1. The molecule has 1 aromatic heterocycles. The Bertz CT molecular complexity index is 413. The standard InChI is InChI=1S/C12H22N4O/c1-8(6-12(4,14-5)11(13)17)16-7-15-9(2)10(16)3/h7-8,14H,6H2,1-5H3,(H2,13,17). The molecule has 0 saturated carbocycles. The molecule has 1 amide bonds. The van der Waals surface area contributed by atoms with Crippen molar-refractivity contribution in [2.45, 2.75) is 45.7 Å². The van der Waals surface area contributed by atoms with Crippen LogP contribution in [0.2, 0.25) is 0 Å². The summed E-state index contributed by atoms with van der Waals surface area (Å²) in [6.45, 7) is 7.89. The van der Waals surface area contributed by atoms with Crippen molar-refractivity contribution in [2.75, 3.05) is 7.05 Å². The number of hydrogen-bond acceptors (Lipinski definition) is 3. The van der Waals surface area contributed by atoms with E-state index >= 15 is 0 Å². The molecule has 0 aliphatic carbocycles. The molecule has 0 spiro atoms. The second kappa shape index (κ2) is 4.87. The summed E-state index contributed by atoms with van der Waals surface area (Å²) < 4.78 is 2.08. The molecular formula is C12H22N4O. The van der Waals surface area contributed by atoms with E-state index in [0.717, 1.165) is 11.4 Å². The zero-order valence-corrected chi connectivity index (χ0v) is 11.2. The van der Waals surface area contributed by atoms with Crippen molar-refractivity contribution in [3.8, 4) is 0 Å². The first kappa shape index (κ1) is 13.7. The van der Waals surface area contributed by atoms with Crippen LogP contribution in [0.15, 0.2) is 6.33 Å². The minimum atomic E-state index is -0.690. The summed E-state index contributed by atoms with van der Waals surface area (Å²) >= 11 is 0. The van der Waals surface area contributed by atoms with Crippen LogP contribution in [0.5, 0.6) is 0 Å². The van der Waals surface area contributed by atoms with E-state index in [9.17, 15) is 4.79 Å². The molecule has 3 N–H and O–H groups in total. The molecule has 0 fully saturated rings. The van der Waals surface area contributed by atoms with Gasteiger partial charge in [-0.3, -0.25) is 4.79 Å². The van der Waals surface area contributed by atoms with Gasteiger partial charge in [0.1, 0.15) is 0 Å². The second-order valence-electron chi connectivity index (χ2n) is 4.82. The highest BCUT2D eigenvalue weighted by Crippen LogP contribution is 2.22. The Morgan fingerprint density at radius 2 is 2.24 bits per heavy atom. The third kappa shape index (κ3) is 2.66. The minimum Gasteiger partial charge on any atom is -0.368 e. The van der Waals surface area contributed by atoms with Crippen molar-refractivity contribution < 1.29 is 4.79 Å². The highest BCUT2D eigenvalue weighted by Gasteiger charge is 2.31. The van der Waals surface area contributed by atoms with Crippen LogP contribution in [-0.2, 0) is 4.79 Å². The lowest BCUT2D eigenvalue weighted by Gasteiger charge is -2.29. The van der Waals surface area contributed by atoms with Gasteiger partial charge in [0.2, 0.25) is 5.91 Å². The number of nitrogens with zero attached hydrogens (tertiary/aromatic N) is 2. The molecule has 1 heterocycles. The Labute approximate surface area is 102 Å². The van der Waals surface area contributed by atoms with Crippen molar-refractivity contribution >= 4 is 5.91 Å². The number of imidazole rings is 1. The number of aryl methyl sites for hydroxylation is 1. The zero-order chi connectivity index (χ0) is 13.2. The average molecular weight is 238 g/mol. The monoisotopic (exact) mass is 238 g/mol. The number of nitrogens with two attached hydrogens (primary N) is 1. The van der Waals surface area contributed by atoms with E-state index in [2.05, 4.69) is 21.8 Å². The first-order chi connectivity index (χ1) is 7.81. The Balaban J connectivity index is 2.89. The van der Waals surface area contributed by atoms with Gasteiger partial charge in [-0.05, 0) is 41.2 Å². The van der Waals surface area contributed by atoms with E-state index in [1.165, 1.54) is 0 Å². The van der Waals surface area contributed by atoms with Gasteiger partial charge in [-0.2, -0.15) is 0 Å². The average Bonchev–Trinajstić information content (AvgIpc) is 2.59. The van der Waals surface area contributed by atoms with Gasteiger partial charge in [-0.25, -0.2) is 4.98 Å². The third-order valence-electron chi connectivity index (χ3n) is 3.56. The summed E-state index contributed by atoms with van der Waals surface area (Å²) in [6.07, 6.45) is 2.45. The van der Waals surface area contributed by atoms with Gasteiger partial charge in [0.25, 0.3) is 0 Å². The number of carbonyl (C=O) groups excluding carboxylic acids is 1. The maximum absolute atomic E-state index is 11.4. The van der Waals surface area contributed by atoms with Gasteiger partial charge in [0.05, 0.1) is 17.6 Å². The Kier molecular flexibility index (Phi) is 3.93. The van der Waals surface area contributed by atoms with E-state index in [1.54, 1.807) is 7.05 Å². The Morgan fingerprint density at radius 1 is 1.65 bits per heavy atom. The van der Waals surface area contributed by atoms with Crippen molar-refractivity contribution in [2.24, 2.45) is 5.73 Å². The van der Waals surface area contributed by atoms with Crippen molar-refractivity contribution in [1.29, 1.82) is 0 Å². The van der Waals surface area contributed by atoms with Crippen LogP contribution in [0, 0.1) is 13.8 Å². The van der Waals surface area contributed by atoms with Crippen molar-refractivity contribution in [1.82, 2.24) is 14.9 Å². The lowest BCUT2D eigenvalue weighted by Crippen LogP contribution is -2.52. The molecule has 1 rings (SSSR count). The summed E-state index contributed by atoms with van der Waals surface area (Å²) in [5, 5.41) is 3.00. The van der Waals surface area contributed by atoms with Crippen LogP contribution in [0.3, 0.4) is 0 Å². The summed E-state index contributed by atoms with van der Waals surface area (Å²) in [7, 11) is 1.75. The number of amides is 1. The Hall–Kier alpha value is -1.36. The quantitative estimate of drug-likeness (QED) is 0.801. The van der Waals surface area contributed by atoms with E-state index in [0.29, 0.717) is 6.42 Å². The topological polar surface area (TPSA) is 72.9 Å². The van der Waals surface area contributed by atoms with Crippen LogP contribution in [0.4, 0.5) is 0 Å². The molecule has 5 nitrogen and oxygen atoms in total. The molecule has 0 bridgehead atoms. The number of aromatic nitrogens is 2. The number of primary amides is 1. The van der Waals surface area contributed by atoms with Crippen molar-refractivity contribution in [3.05, 3.63) is 17.7 Å². The molecule has 0 radical (unpaired) electrons. The highest BCUT2D eigenvalue weighted by atomic mass is 16.1. The smallest absolute Gasteiger partial charge is 0.237 e.